The molecule has 0 spiro atoms. The van der Waals surface area contributed by atoms with Crippen LogP contribution in [0.5, 0.6) is 11.6 Å². The van der Waals surface area contributed by atoms with Gasteiger partial charge in [-0.3, -0.25) is 0 Å². The molecule has 3 rings (SSSR count). The third-order valence-electron chi connectivity index (χ3n) is 4.02. The van der Waals surface area contributed by atoms with Gasteiger partial charge in [0.25, 0.3) is 0 Å². The third-order valence-corrected chi connectivity index (χ3v) is 4.62. The van der Waals surface area contributed by atoms with Crippen molar-refractivity contribution < 1.29 is 4.74 Å². The van der Waals surface area contributed by atoms with Crippen molar-refractivity contribution in [3.8, 4) is 11.6 Å². The minimum absolute atomic E-state index is 0.323. The predicted molar refractivity (Wildman–Crippen MR) is 106 cm³/mol. The Morgan fingerprint density at radius 2 is 1.77 bits per heavy atom. The van der Waals surface area contributed by atoms with E-state index >= 15 is 0 Å². The van der Waals surface area contributed by atoms with Gasteiger partial charge in [0.15, 0.2) is 5.82 Å². The summed E-state index contributed by atoms with van der Waals surface area (Å²) in [4.78, 5) is 8.36. The number of nitrogens with zero attached hydrogens (tertiary/aromatic N) is 2. The molecule has 2 aromatic carbocycles. The van der Waals surface area contributed by atoms with Crippen LogP contribution in [-0.4, -0.2) is 16.5 Å². The first-order valence-electron chi connectivity index (χ1n) is 8.37. The summed E-state index contributed by atoms with van der Waals surface area (Å²) in [5.74, 6) is 1.53. The molecular weight excluding hydrogens is 348 g/mol. The number of aryl methyl sites for hydroxylation is 2. The van der Waals surface area contributed by atoms with Crippen LogP contribution in [0.4, 0.5) is 11.5 Å². The minimum Gasteiger partial charge on any atom is -0.437 e. The maximum absolute atomic E-state index is 6.20. The Labute approximate surface area is 158 Å². The number of anilines is 2. The second-order valence-electron chi connectivity index (χ2n) is 6.08. The van der Waals surface area contributed by atoms with Crippen LogP contribution in [0.25, 0.3) is 0 Å². The van der Waals surface area contributed by atoms with Crippen LogP contribution in [0.15, 0.2) is 48.8 Å². The highest BCUT2D eigenvalue weighted by molar-refractivity contribution is 6.32. The lowest BCUT2D eigenvalue weighted by Gasteiger charge is -2.13. The average Bonchev–Trinajstić information content (AvgIpc) is 2.63. The molecule has 0 unspecified atom stereocenters. The Balaban J connectivity index is 1.71. The Bertz CT molecular complexity index is 877. The monoisotopic (exact) mass is 368 g/mol. The van der Waals surface area contributed by atoms with E-state index in [9.17, 15) is 0 Å². The van der Waals surface area contributed by atoms with Crippen molar-refractivity contribution in [2.45, 2.75) is 20.3 Å². The molecule has 3 aromatic rings. The van der Waals surface area contributed by atoms with Crippen molar-refractivity contribution in [2.24, 2.45) is 0 Å². The summed E-state index contributed by atoms with van der Waals surface area (Å²) in [7, 11) is 0. The Morgan fingerprint density at radius 3 is 2.46 bits per heavy atom. The van der Waals surface area contributed by atoms with E-state index in [1.54, 1.807) is 0 Å². The smallest absolute Gasteiger partial charge is 0.248 e. The molecule has 134 valence electrons. The van der Waals surface area contributed by atoms with Gasteiger partial charge in [-0.25, -0.2) is 4.98 Å². The van der Waals surface area contributed by atoms with Crippen LogP contribution in [0, 0.1) is 13.8 Å². The number of benzene rings is 2. The number of nitrogens with two attached hydrogens (primary N) is 1. The molecular formula is C20H21ClN4O. The van der Waals surface area contributed by atoms with E-state index in [1.807, 2.05) is 44.2 Å². The van der Waals surface area contributed by atoms with Crippen LogP contribution in [0.1, 0.15) is 16.7 Å². The molecule has 3 N–H and O–H groups in total. The van der Waals surface area contributed by atoms with Crippen LogP contribution in [0.3, 0.4) is 0 Å². The van der Waals surface area contributed by atoms with Crippen LogP contribution in [0.2, 0.25) is 5.02 Å². The highest BCUT2D eigenvalue weighted by Gasteiger charge is 2.11. The molecule has 1 aromatic heterocycles. The summed E-state index contributed by atoms with van der Waals surface area (Å²) in [5, 5.41) is 3.97. The van der Waals surface area contributed by atoms with Crippen molar-refractivity contribution in [1.82, 2.24) is 9.97 Å². The summed E-state index contributed by atoms with van der Waals surface area (Å²) in [6.45, 7) is 4.58. The molecule has 0 aliphatic carbocycles. The van der Waals surface area contributed by atoms with E-state index in [1.165, 1.54) is 11.9 Å². The summed E-state index contributed by atoms with van der Waals surface area (Å²) in [5.41, 5.74) is 9.69. The molecule has 5 nitrogen and oxygen atoms in total. The molecule has 0 radical (unpaired) electrons. The molecule has 0 aliphatic rings. The molecule has 0 bridgehead atoms. The van der Waals surface area contributed by atoms with Crippen LogP contribution >= 0.6 is 11.6 Å². The lowest BCUT2D eigenvalue weighted by atomic mass is 10.1. The van der Waals surface area contributed by atoms with Gasteiger partial charge >= 0.3 is 0 Å². The molecule has 0 atom stereocenters. The summed E-state index contributed by atoms with van der Waals surface area (Å²) in [6.07, 6.45) is 2.31. The fraction of sp³-hybridized carbons (Fsp3) is 0.200. The molecule has 1 heterocycles. The highest BCUT2D eigenvalue weighted by Crippen LogP contribution is 2.32. The maximum atomic E-state index is 6.20. The number of halogens is 1. The number of rotatable bonds is 6. The van der Waals surface area contributed by atoms with E-state index < -0.39 is 0 Å². The number of nitrogens with one attached hydrogen (secondary N) is 1. The van der Waals surface area contributed by atoms with E-state index in [-0.39, 0.29) is 0 Å². The molecule has 0 amide bonds. The molecule has 26 heavy (non-hydrogen) atoms. The van der Waals surface area contributed by atoms with Gasteiger partial charge in [-0.15, -0.1) is 0 Å². The Hall–Kier alpha value is -2.79. The summed E-state index contributed by atoms with van der Waals surface area (Å²) >= 11 is 6.20. The molecule has 0 saturated heterocycles. The summed E-state index contributed by atoms with van der Waals surface area (Å²) < 4.78 is 5.86. The second kappa shape index (κ2) is 8.06. The molecule has 6 heteroatoms. The zero-order valence-corrected chi connectivity index (χ0v) is 15.5. The molecule has 0 aliphatic heterocycles. The third kappa shape index (κ3) is 4.24. The molecule has 0 fully saturated rings. The first-order valence-corrected chi connectivity index (χ1v) is 8.75. The standard InChI is InChI=1S/C20H21ClN4O/c1-13-10-16(11-14(2)17(13)21)26-20-18(22)19(24-12-25-20)23-9-8-15-6-4-3-5-7-15/h3-7,10-12H,8-9,22H2,1-2H3,(H,23,24,25). The van der Waals surface area contributed by atoms with Gasteiger partial charge < -0.3 is 15.8 Å². The van der Waals surface area contributed by atoms with Crippen molar-refractivity contribution in [3.05, 3.63) is 70.5 Å². The predicted octanol–water partition coefficient (Wildman–Crippen LogP) is 4.78. The highest BCUT2D eigenvalue weighted by atomic mass is 35.5. The Kier molecular flexibility index (Phi) is 5.58. The van der Waals surface area contributed by atoms with E-state index in [0.29, 0.717) is 29.7 Å². The second-order valence-corrected chi connectivity index (χ2v) is 6.45. The fourth-order valence-electron chi connectivity index (χ4n) is 2.65. The van der Waals surface area contributed by atoms with Gasteiger partial charge in [0.05, 0.1) is 0 Å². The number of ether oxygens (including phenoxy) is 1. The van der Waals surface area contributed by atoms with Crippen LogP contribution in [-0.2, 0) is 6.42 Å². The topological polar surface area (TPSA) is 73.1 Å². The SMILES string of the molecule is Cc1cc(Oc2ncnc(NCCc3ccccc3)c2N)cc(C)c1Cl. The fourth-order valence-corrected chi connectivity index (χ4v) is 2.76. The Morgan fingerprint density at radius 1 is 1.08 bits per heavy atom. The lowest BCUT2D eigenvalue weighted by Crippen LogP contribution is -2.09. The lowest BCUT2D eigenvalue weighted by molar-refractivity contribution is 0.464. The van der Waals surface area contributed by atoms with Crippen molar-refractivity contribution in [2.75, 3.05) is 17.6 Å². The van der Waals surface area contributed by atoms with Gasteiger partial charge in [0, 0.05) is 11.6 Å². The van der Waals surface area contributed by atoms with Gasteiger partial charge in [-0.05, 0) is 49.1 Å². The van der Waals surface area contributed by atoms with E-state index in [4.69, 9.17) is 22.1 Å². The van der Waals surface area contributed by atoms with Crippen molar-refractivity contribution >= 4 is 23.1 Å². The van der Waals surface area contributed by atoms with Crippen molar-refractivity contribution in [1.29, 1.82) is 0 Å². The van der Waals surface area contributed by atoms with Crippen LogP contribution < -0.4 is 15.8 Å². The normalized spacial score (nSPS) is 10.6. The minimum atomic E-state index is 0.323. The quantitative estimate of drug-likeness (QED) is 0.655. The maximum Gasteiger partial charge on any atom is 0.248 e. The first kappa shape index (κ1) is 18.0. The zero-order valence-electron chi connectivity index (χ0n) is 14.8. The van der Waals surface area contributed by atoms with Crippen molar-refractivity contribution in [3.63, 3.8) is 0 Å². The largest absolute Gasteiger partial charge is 0.437 e. The summed E-state index contributed by atoms with van der Waals surface area (Å²) in [6, 6.07) is 13.9. The average molecular weight is 369 g/mol. The number of aromatic nitrogens is 2. The number of nitrogen functional groups attached to an aromatic ring is 1. The van der Waals surface area contributed by atoms with Gasteiger partial charge in [-0.2, -0.15) is 4.98 Å². The molecule has 0 saturated carbocycles. The first-order chi connectivity index (χ1) is 12.5. The van der Waals surface area contributed by atoms with E-state index in [0.717, 1.165) is 22.6 Å². The number of hydrogen-bond donors (Lipinski definition) is 2. The van der Waals surface area contributed by atoms with Gasteiger partial charge in [0.2, 0.25) is 5.88 Å². The van der Waals surface area contributed by atoms with Gasteiger partial charge in [-0.1, -0.05) is 41.9 Å². The number of hydrogen-bond acceptors (Lipinski definition) is 5. The zero-order chi connectivity index (χ0) is 18.5. The van der Waals surface area contributed by atoms with E-state index in [2.05, 4.69) is 27.4 Å². The van der Waals surface area contributed by atoms with Gasteiger partial charge in [0.1, 0.15) is 17.8 Å².